The third-order valence-electron chi connectivity index (χ3n) is 2.29. The van der Waals surface area contributed by atoms with E-state index in [9.17, 15) is 4.79 Å². The topological polar surface area (TPSA) is 40.5 Å². The number of aliphatic carboxylic acids is 1. The molecule has 4 heteroatoms. The molecule has 0 radical (unpaired) electrons. The van der Waals surface area contributed by atoms with Crippen LogP contribution in [0.1, 0.15) is 13.3 Å². The Kier molecular flexibility index (Phi) is 5.04. The summed E-state index contributed by atoms with van der Waals surface area (Å²) in [4.78, 5) is 12.6. The van der Waals surface area contributed by atoms with Gasteiger partial charge in [0.05, 0.1) is 0 Å². The molecule has 1 unspecified atom stereocenters. The van der Waals surface area contributed by atoms with E-state index in [0.29, 0.717) is 0 Å². The number of thioether (sulfide) groups is 1. The van der Waals surface area contributed by atoms with Gasteiger partial charge in [0.25, 0.3) is 0 Å². The number of carbonyl (C=O) groups is 1. The van der Waals surface area contributed by atoms with Crippen molar-refractivity contribution in [1.82, 2.24) is 4.90 Å². The van der Waals surface area contributed by atoms with Gasteiger partial charge in [0.1, 0.15) is 0 Å². The van der Waals surface area contributed by atoms with Crippen molar-refractivity contribution in [3.63, 3.8) is 0 Å². The minimum atomic E-state index is -0.859. The van der Waals surface area contributed by atoms with Crippen molar-refractivity contribution in [1.29, 1.82) is 0 Å². The molecule has 1 fully saturated rings. The van der Waals surface area contributed by atoms with E-state index in [1.165, 1.54) is 12.5 Å². The van der Waals surface area contributed by atoms with Crippen LogP contribution < -0.4 is 0 Å². The van der Waals surface area contributed by atoms with Gasteiger partial charge in [-0.3, -0.25) is 4.90 Å². The first-order valence-corrected chi connectivity index (χ1v) is 5.97. The molecule has 0 saturated carbocycles. The highest BCUT2D eigenvalue weighted by Gasteiger charge is 2.12. The number of hydrogen-bond donors (Lipinski definition) is 1. The van der Waals surface area contributed by atoms with E-state index in [0.717, 1.165) is 30.6 Å². The van der Waals surface area contributed by atoms with E-state index in [4.69, 9.17) is 5.11 Å². The van der Waals surface area contributed by atoms with Crippen molar-refractivity contribution in [2.24, 2.45) is 0 Å². The predicted octanol–water partition coefficient (Wildman–Crippen LogP) is 1.45. The van der Waals surface area contributed by atoms with Crippen LogP contribution in [0.25, 0.3) is 0 Å². The summed E-state index contributed by atoms with van der Waals surface area (Å²) in [6.07, 6.45) is 4.15. The van der Waals surface area contributed by atoms with Gasteiger partial charge in [-0.2, -0.15) is 11.8 Å². The molecule has 1 rings (SSSR count). The smallest absolute Gasteiger partial charge is 0.328 e. The van der Waals surface area contributed by atoms with Gasteiger partial charge in [0.15, 0.2) is 0 Å². The fraction of sp³-hybridized carbons (Fsp3) is 0.700. The molecule has 14 heavy (non-hydrogen) atoms. The molecule has 0 amide bonds. The highest BCUT2D eigenvalue weighted by molar-refractivity contribution is 7.99. The van der Waals surface area contributed by atoms with Gasteiger partial charge in [-0.05, 0) is 13.0 Å². The molecule has 80 valence electrons. The Bertz CT molecular complexity index is 218. The molecule has 1 aliphatic rings. The van der Waals surface area contributed by atoms with E-state index in [2.05, 4.69) is 11.8 Å². The molecular weight excluding hydrogens is 198 g/mol. The Morgan fingerprint density at radius 1 is 1.64 bits per heavy atom. The number of hydrogen-bond acceptors (Lipinski definition) is 3. The summed E-state index contributed by atoms with van der Waals surface area (Å²) in [6, 6.07) is 0. The maximum absolute atomic E-state index is 10.3. The Balaban J connectivity index is 2.27. The highest BCUT2D eigenvalue weighted by Crippen LogP contribution is 2.18. The normalized spacial score (nSPS) is 25.1. The van der Waals surface area contributed by atoms with Crippen LogP contribution in [0.3, 0.4) is 0 Å². The van der Waals surface area contributed by atoms with E-state index in [1.54, 1.807) is 6.08 Å². The van der Waals surface area contributed by atoms with Gasteiger partial charge < -0.3 is 5.11 Å². The molecule has 1 aliphatic heterocycles. The zero-order valence-electron chi connectivity index (χ0n) is 8.48. The molecule has 0 aromatic carbocycles. The quantitative estimate of drug-likeness (QED) is 0.724. The predicted molar refractivity (Wildman–Crippen MR) is 59.8 cm³/mol. The average molecular weight is 215 g/mol. The Morgan fingerprint density at radius 3 is 3.14 bits per heavy atom. The molecule has 1 N–H and O–H groups in total. The summed E-state index contributed by atoms with van der Waals surface area (Å²) in [6.45, 7) is 5.16. The van der Waals surface area contributed by atoms with E-state index >= 15 is 0 Å². The largest absolute Gasteiger partial charge is 0.478 e. The minimum absolute atomic E-state index is 0.739. The third kappa shape index (κ3) is 4.67. The fourth-order valence-corrected chi connectivity index (χ4v) is 2.47. The van der Waals surface area contributed by atoms with E-state index in [1.807, 2.05) is 11.8 Å². The van der Waals surface area contributed by atoms with E-state index < -0.39 is 5.97 Å². The van der Waals surface area contributed by atoms with Crippen LogP contribution in [-0.2, 0) is 4.79 Å². The zero-order chi connectivity index (χ0) is 10.4. The first-order valence-electron chi connectivity index (χ1n) is 4.92. The maximum Gasteiger partial charge on any atom is 0.328 e. The summed E-state index contributed by atoms with van der Waals surface area (Å²) < 4.78 is 0. The summed E-state index contributed by atoms with van der Waals surface area (Å²) in [5.74, 6) is 0.296. The van der Waals surface area contributed by atoms with Crippen molar-refractivity contribution < 1.29 is 9.90 Å². The monoisotopic (exact) mass is 215 g/mol. The van der Waals surface area contributed by atoms with Gasteiger partial charge in [0, 0.05) is 30.2 Å². The lowest BCUT2D eigenvalue weighted by Gasteiger charge is -2.16. The molecule has 0 spiro atoms. The fourth-order valence-electron chi connectivity index (χ4n) is 1.43. The number of rotatable bonds is 3. The van der Waals surface area contributed by atoms with Crippen LogP contribution in [0.4, 0.5) is 0 Å². The number of carboxylic acid groups (broad SMARTS) is 1. The molecule has 0 aromatic heterocycles. The maximum atomic E-state index is 10.3. The standard InChI is InChI=1S/C10H17NO2S/c1-9-4-6-11(7-8-14-9)5-2-3-10(12)13/h2-3,9H,4-8H2,1H3,(H,12,13)/b3-2+. The van der Waals surface area contributed by atoms with Crippen LogP contribution in [0, 0.1) is 0 Å². The van der Waals surface area contributed by atoms with Crippen molar-refractivity contribution in [2.45, 2.75) is 18.6 Å². The lowest BCUT2D eigenvalue weighted by atomic mass is 10.3. The highest BCUT2D eigenvalue weighted by atomic mass is 32.2. The second kappa shape index (κ2) is 6.09. The van der Waals surface area contributed by atoms with Crippen LogP contribution in [0.2, 0.25) is 0 Å². The van der Waals surface area contributed by atoms with Crippen LogP contribution in [0.15, 0.2) is 12.2 Å². The summed E-state index contributed by atoms with van der Waals surface area (Å²) in [7, 11) is 0. The Morgan fingerprint density at radius 2 is 2.43 bits per heavy atom. The molecule has 3 nitrogen and oxygen atoms in total. The zero-order valence-corrected chi connectivity index (χ0v) is 9.30. The van der Waals surface area contributed by atoms with Crippen molar-refractivity contribution in [3.8, 4) is 0 Å². The summed E-state index contributed by atoms with van der Waals surface area (Å²) in [5.41, 5.74) is 0. The lowest BCUT2D eigenvalue weighted by molar-refractivity contribution is -0.131. The first-order chi connectivity index (χ1) is 6.68. The second-order valence-corrected chi connectivity index (χ2v) is 5.06. The first kappa shape index (κ1) is 11.6. The van der Waals surface area contributed by atoms with E-state index in [-0.39, 0.29) is 0 Å². The van der Waals surface area contributed by atoms with Gasteiger partial charge in [-0.15, -0.1) is 0 Å². The van der Waals surface area contributed by atoms with Gasteiger partial charge >= 0.3 is 5.97 Å². The van der Waals surface area contributed by atoms with Crippen LogP contribution in [0.5, 0.6) is 0 Å². The second-order valence-electron chi connectivity index (χ2n) is 3.51. The molecule has 1 saturated heterocycles. The summed E-state index contributed by atoms with van der Waals surface area (Å²) in [5, 5.41) is 9.17. The summed E-state index contributed by atoms with van der Waals surface area (Å²) >= 11 is 2.00. The minimum Gasteiger partial charge on any atom is -0.478 e. The molecular formula is C10H17NO2S. The number of carboxylic acids is 1. The van der Waals surface area contributed by atoms with Crippen molar-refractivity contribution in [3.05, 3.63) is 12.2 Å². The van der Waals surface area contributed by atoms with Gasteiger partial charge in [-0.25, -0.2) is 4.79 Å². The van der Waals surface area contributed by atoms with Gasteiger partial charge in [0.2, 0.25) is 0 Å². The van der Waals surface area contributed by atoms with Crippen LogP contribution in [-0.4, -0.2) is 46.6 Å². The van der Waals surface area contributed by atoms with Crippen LogP contribution >= 0.6 is 11.8 Å². The SMILES string of the molecule is CC1CCN(C/C=C/C(=O)O)CCS1. The lowest BCUT2D eigenvalue weighted by Crippen LogP contribution is -2.26. The average Bonchev–Trinajstić information content (AvgIpc) is 2.30. The van der Waals surface area contributed by atoms with Crippen molar-refractivity contribution in [2.75, 3.05) is 25.4 Å². The Labute approximate surface area is 89.2 Å². The molecule has 0 aromatic rings. The Hall–Kier alpha value is -0.480. The van der Waals surface area contributed by atoms with Crippen molar-refractivity contribution >= 4 is 17.7 Å². The van der Waals surface area contributed by atoms with Gasteiger partial charge in [-0.1, -0.05) is 13.0 Å². The molecule has 0 bridgehead atoms. The third-order valence-corrected chi connectivity index (χ3v) is 3.51. The molecule has 1 atom stereocenters. The number of nitrogens with zero attached hydrogens (tertiary/aromatic N) is 1. The molecule has 1 heterocycles. The molecule has 0 aliphatic carbocycles.